The molecule has 0 saturated heterocycles. The lowest BCUT2D eigenvalue weighted by Gasteiger charge is -2.07. The van der Waals surface area contributed by atoms with Crippen LogP contribution >= 0.6 is 11.6 Å². The molecule has 0 bridgehead atoms. The van der Waals surface area contributed by atoms with Crippen molar-refractivity contribution in [3.8, 4) is 0 Å². The second-order valence-electron chi connectivity index (χ2n) is 4.61. The van der Waals surface area contributed by atoms with E-state index in [0.717, 1.165) is 16.5 Å². The van der Waals surface area contributed by atoms with Crippen molar-refractivity contribution >= 4 is 28.4 Å². The van der Waals surface area contributed by atoms with Gasteiger partial charge < -0.3 is 9.73 Å². The van der Waals surface area contributed by atoms with Crippen LogP contribution in [-0.2, 0) is 6.42 Å². The SMILES string of the molecule is O=C(NCCc1cccc2cccnc12)c1ccoc1Cl. The number of amides is 1. The molecule has 0 spiro atoms. The molecule has 0 saturated carbocycles. The second kappa shape index (κ2) is 5.97. The number of para-hydroxylation sites is 1. The minimum atomic E-state index is -0.234. The number of carbonyl (C=O) groups excluding carboxylic acids is 1. The molecule has 2 aromatic heterocycles. The molecule has 5 heteroatoms. The predicted octanol–water partition coefficient (Wildman–Crippen LogP) is 3.45. The van der Waals surface area contributed by atoms with Gasteiger partial charge in [0.1, 0.15) is 0 Å². The number of nitrogens with one attached hydrogen (secondary N) is 1. The first-order valence-corrected chi connectivity index (χ1v) is 6.97. The fraction of sp³-hybridized carbons (Fsp3) is 0.125. The first kappa shape index (κ1) is 13.6. The molecule has 2 heterocycles. The van der Waals surface area contributed by atoms with Crippen LogP contribution in [0.5, 0.6) is 0 Å². The van der Waals surface area contributed by atoms with E-state index in [0.29, 0.717) is 18.5 Å². The van der Waals surface area contributed by atoms with Gasteiger partial charge in [-0.25, -0.2) is 0 Å². The van der Waals surface area contributed by atoms with Crippen molar-refractivity contribution in [1.82, 2.24) is 10.3 Å². The van der Waals surface area contributed by atoms with Crippen molar-refractivity contribution in [2.45, 2.75) is 6.42 Å². The Balaban J connectivity index is 1.67. The molecule has 4 nitrogen and oxygen atoms in total. The number of nitrogens with zero attached hydrogens (tertiary/aromatic N) is 1. The van der Waals surface area contributed by atoms with E-state index in [-0.39, 0.29) is 11.1 Å². The molecular formula is C16H13ClN2O2. The van der Waals surface area contributed by atoms with Crippen LogP contribution < -0.4 is 5.32 Å². The molecule has 0 aliphatic heterocycles. The van der Waals surface area contributed by atoms with Crippen LogP contribution in [0.4, 0.5) is 0 Å². The Bertz CT molecular complexity index is 777. The van der Waals surface area contributed by atoms with Gasteiger partial charge in [-0.15, -0.1) is 0 Å². The summed E-state index contributed by atoms with van der Waals surface area (Å²) in [4.78, 5) is 16.3. The third-order valence-electron chi connectivity index (χ3n) is 3.26. The molecule has 0 unspecified atom stereocenters. The normalized spacial score (nSPS) is 10.7. The summed E-state index contributed by atoms with van der Waals surface area (Å²) in [6, 6.07) is 11.5. The summed E-state index contributed by atoms with van der Waals surface area (Å²) >= 11 is 5.77. The number of rotatable bonds is 4. The molecule has 0 radical (unpaired) electrons. The van der Waals surface area contributed by atoms with E-state index in [9.17, 15) is 4.79 Å². The van der Waals surface area contributed by atoms with Crippen LogP contribution in [0.2, 0.25) is 5.22 Å². The second-order valence-corrected chi connectivity index (χ2v) is 4.95. The summed E-state index contributed by atoms with van der Waals surface area (Å²) < 4.78 is 4.90. The fourth-order valence-electron chi connectivity index (χ4n) is 2.23. The molecule has 3 rings (SSSR count). The minimum Gasteiger partial charge on any atom is -0.452 e. The largest absolute Gasteiger partial charge is 0.452 e. The number of furan rings is 1. The Hall–Kier alpha value is -2.33. The summed E-state index contributed by atoms with van der Waals surface area (Å²) in [6.45, 7) is 0.510. The summed E-state index contributed by atoms with van der Waals surface area (Å²) in [7, 11) is 0. The third kappa shape index (κ3) is 2.90. The van der Waals surface area contributed by atoms with E-state index in [1.807, 2.05) is 30.3 Å². The van der Waals surface area contributed by atoms with Crippen molar-refractivity contribution < 1.29 is 9.21 Å². The van der Waals surface area contributed by atoms with Gasteiger partial charge in [-0.3, -0.25) is 9.78 Å². The van der Waals surface area contributed by atoms with Crippen LogP contribution in [0.1, 0.15) is 15.9 Å². The maximum absolute atomic E-state index is 11.9. The van der Waals surface area contributed by atoms with Crippen molar-refractivity contribution in [3.05, 3.63) is 65.2 Å². The topological polar surface area (TPSA) is 55.1 Å². The van der Waals surface area contributed by atoms with Gasteiger partial charge in [0, 0.05) is 18.1 Å². The third-order valence-corrected chi connectivity index (χ3v) is 3.55. The number of halogens is 1. The zero-order valence-electron chi connectivity index (χ0n) is 11.2. The van der Waals surface area contributed by atoms with E-state index < -0.39 is 0 Å². The van der Waals surface area contributed by atoms with Gasteiger partial charge in [0.2, 0.25) is 5.22 Å². The zero-order valence-corrected chi connectivity index (χ0v) is 11.9. The van der Waals surface area contributed by atoms with E-state index in [4.69, 9.17) is 16.0 Å². The van der Waals surface area contributed by atoms with Crippen LogP contribution in [0.3, 0.4) is 0 Å². The molecule has 21 heavy (non-hydrogen) atoms. The lowest BCUT2D eigenvalue weighted by molar-refractivity contribution is 0.0953. The molecule has 1 aromatic carbocycles. The highest BCUT2D eigenvalue weighted by Gasteiger charge is 2.12. The maximum Gasteiger partial charge on any atom is 0.256 e. The predicted molar refractivity (Wildman–Crippen MR) is 81.5 cm³/mol. The molecule has 0 atom stereocenters. The van der Waals surface area contributed by atoms with E-state index in [1.54, 1.807) is 12.3 Å². The summed E-state index contributed by atoms with van der Waals surface area (Å²) in [5.74, 6) is -0.234. The highest BCUT2D eigenvalue weighted by molar-refractivity contribution is 6.32. The summed E-state index contributed by atoms with van der Waals surface area (Å²) in [5.41, 5.74) is 2.43. The Labute approximate surface area is 126 Å². The molecule has 0 fully saturated rings. The molecule has 0 aliphatic rings. The summed E-state index contributed by atoms with van der Waals surface area (Å²) in [6.07, 6.45) is 3.87. The number of benzene rings is 1. The lowest BCUT2D eigenvalue weighted by atomic mass is 10.1. The van der Waals surface area contributed by atoms with E-state index in [2.05, 4.69) is 10.3 Å². The smallest absolute Gasteiger partial charge is 0.256 e. The summed E-state index contributed by atoms with van der Waals surface area (Å²) in [5, 5.41) is 4.03. The van der Waals surface area contributed by atoms with Gasteiger partial charge in [-0.2, -0.15) is 0 Å². The number of aromatic nitrogens is 1. The molecule has 3 aromatic rings. The number of hydrogen-bond donors (Lipinski definition) is 1. The molecule has 0 aliphatic carbocycles. The standard InChI is InChI=1S/C16H13ClN2O2/c17-15-13(7-10-21-15)16(20)19-9-6-12-4-1-3-11-5-2-8-18-14(11)12/h1-5,7-8,10H,6,9H2,(H,19,20). The van der Waals surface area contributed by atoms with Crippen molar-refractivity contribution in [2.24, 2.45) is 0 Å². The fourth-order valence-corrected chi connectivity index (χ4v) is 2.43. The number of pyridine rings is 1. The molecule has 1 N–H and O–H groups in total. The highest BCUT2D eigenvalue weighted by atomic mass is 35.5. The van der Waals surface area contributed by atoms with Gasteiger partial charge in [0.05, 0.1) is 17.3 Å². The number of fused-ring (bicyclic) bond motifs is 1. The van der Waals surface area contributed by atoms with Crippen LogP contribution in [0.25, 0.3) is 10.9 Å². The Morgan fingerprint density at radius 3 is 2.90 bits per heavy atom. The van der Waals surface area contributed by atoms with E-state index >= 15 is 0 Å². The first-order chi connectivity index (χ1) is 10.3. The minimum absolute atomic E-state index is 0.110. The average Bonchev–Trinajstić information content (AvgIpc) is 2.93. The van der Waals surface area contributed by atoms with Crippen molar-refractivity contribution in [2.75, 3.05) is 6.54 Å². The van der Waals surface area contributed by atoms with Crippen LogP contribution in [0.15, 0.2) is 53.3 Å². The Kier molecular flexibility index (Phi) is 3.88. The van der Waals surface area contributed by atoms with Crippen LogP contribution in [0, 0.1) is 0 Å². The average molecular weight is 301 g/mol. The number of hydrogen-bond acceptors (Lipinski definition) is 3. The van der Waals surface area contributed by atoms with Gasteiger partial charge >= 0.3 is 0 Å². The van der Waals surface area contributed by atoms with Gasteiger partial charge in [-0.05, 0) is 35.7 Å². The monoisotopic (exact) mass is 300 g/mol. The first-order valence-electron chi connectivity index (χ1n) is 6.59. The molecule has 106 valence electrons. The Morgan fingerprint density at radius 1 is 1.24 bits per heavy atom. The van der Waals surface area contributed by atoms with Crippen molar-refractivity contribution in [3.63, 3.8) is 0 Å². The van der Waals surface area contributed by atoms with Gasteiger partial charge in [0.15, 0.2) is 0 Å². The zero-order chi connectivity index (χ0) is 14.7. The van der Waals surface area contributed by atoms with E-state index in [1.165, 1.54) is 6.26 Å². The van der Waals surface area contributed by atoms with Crippen molar-refractivity contribution in [1.29, 1.82) is 0 Å². The van der Waals surface area contributed by atoms with Gasteiger partial charge in [0.25, 0.3) is 5.91 Å². The maximum atomic E-state index is 11.9. The Morgan fingerprint density at radius 2 is 2.10 bits per heavy atom. The quantitative estimate of drug-likeness (QED) is 0.803. The lowest BCUT2D eigenvalue weighted by Crippen LogP contribution is -2.25. The number of carbonyl (C=O) groups is 1. The van der Waals surface area contributed by atoms with Gasteiger partial charge in [-0.1, -0.05) is 24.3 Å². The van der Waals surface area contributed by atoms with Crippen LogP contribution in [-0.4, -0.2) is 17.4 Å². The molecular weight excluding hydrogens is 288 g/mol. The molecule has 1 amide bonds. The highest BCUT2D eigenvalue weighted by Crippen LogP contribution is 2.17.